The highest BCUT2D eigenvalue weighted by Gasteiger charge is 2.17. The van der Waals surface area contributed by atoms with Gasteiger partial charge in [-0.25, -0.2) is 4.98 Å². The number of carboxylic acids is 1. The van der Waals surface area contributed by atoms with E-state index < -0.39 is 11.9 Å². The third-order valence-corrected chi connectivity index (χ3v) is 3.97. The van der Waals surface area contributed by atoms with Gasteiger partial charge >= 0.3 is 5.97 Å². The maximum absolute atomic E-state index is 10.8. The van der Waals surface area contributed by atoms with Crippen molar-refractivity contribution in [2.45, 2.75) is 12.8 Å². The van der Waals surface area contributed by atoms with Gasteiger partial charge in [0.05, 0.1) is 16.5 Å². The Bertz CT molecular complexity index is 461. The molecule has 0 saturated heterocycles. The highest BCUT2D eigenvalue weighted by molar-refractivity contribution is 7.20. The maximum atomic E-state index is 10.8. The topological polar surface area (TPSA) is 50.2 Å². The molecule has 0 radical (unpaired) electrons. The van der Waals surface area contributed by atoms with Crippen molar-refractivity contribution in [3.8, 4) is 9.88 Å². The van der Waals surface area contributed by atoms with Crippen LogP contribution in [0.5, 0.6) is 0 Å². The molecule has 2 aromatic heterocycles. The van der Waals surface area contributed by atoms with Crippen LogP contribution in [-0.4, -0.2) is 16.1 Å². The summed E-state index contributed by atoms with van der Waals surface area (Å²) in [5.41, 5.74) is 0.635. The zero-order chi connectivity index (χ0) is 10.8. The monoisotopic (exact) mass is 239 g/mol. The average Bonchev–Trinajstić information content (AvgIpc) is 2.86. The molecule has 1 N–H and O–H groups in total. The molecular weight excluding hydrogens is 230 g/mol. The Balaban J connectivity index is 2.28. The molecule has 1 unspecified atom stereocenters. The summed E-state index contributed by atoms with van der Waals surface area (Å²) in [4.78, 5) is 16.2. The number of aromatic nitrogens is 1. The third kappa shape index (κ3) is 2.08. The first-order valence-electron chi connectivity index (χ1n) is 4.40. The molecule has 1 atom stereocenters. The summed E-state index contributed by atoms with van der Waals surface area (Å²) in [6.45, 7) is 1.65. The Morgan fingerprint density at radius 1 is 1.53 bits per heavy atom. The molecule has 5 heteroatoms. The lowest BCUT2D eigenvalue weighted by molar-refractivity contribution is -0.138. The van der Waals surface area contributed by atoms with Gasteiger partial charge in [0.25, 0.3) is 0 Å². The van der Waals surface area contributed by atoms with Gasteiger partial charge in [0.1, 0.15) is 5.01 Å². The van der Waals surface area contributed by atoms with E-state index in [1.165, 1.54) is 11.3 Å². The number of thiophene rings is 1. The second kappa shape index (κ2) is 4.12. The smallest absolute Gasteiger partial charge is 0.312 e. The molecule has 0 fully saturated rings. The summed E-state index contributed by atoms with van der Waals surface area (Å²) in [5.74, 6) is -1.37. The van der Waals surface area contributed by atoms with Crippen molar-refractivity contribution in [1.29, 1.82) is 0 Å². The van der Waals surface area contributed by atoms with E-state index >= 15 is 0 Å². The molecule has 0 aliphatic rings. The normalized spacial score (nSPS) is 12.6. The van der Waals surface area contributed by atoms with Crippen molar-refractivity contribution < 1.29 is 9.90 Å². The van der Waals surface area contributed by atoms with E-state index in [-0.39, 0.29) is 0 Å². The van der Waals surface area contributed by atoms with Crippen LogP contribution in [0.25, 0.3) is 9.88 Å². The number of hydrogen-bond acceptors (Lipinski definition) is 4. The minimum Gasteiger partial charge on any atom is -0.481 e. The second-order valence-corrected chi connectivity index (χ2v) is 4.92. The summed E-state index contributed by atoms with van der Waals surface area (Å²) < 4.78 is 0. The predicted molar refractivity (Wildman–Crippen MR) is 61.5 cm³/mol. The van der Waals surface area contributed by atoms with Gasteiger partial charge in [-0.2, -0.15) is 0 Å². The van der Waals surface area contributed by atoms with E-state index in [1.54, 1.807) is 18.3 Å². The SMILES string of the molecule is CC(C(=O)O)c1csc(-c2cccs2)n1. The number of carboxylic acid groups (broad SMARTS) is 1. The quantitative estimate of drug-likeness (QED) is 0.895. The molecular formula is C10H9NO2S2. The van der Waals surface area contributed by atoms with E-state index in [1.807, 2.05) is 22.9 Å². The van der Waals surface area contributed by atoms with E-state index in [9.17, 15) is 4.79 Å². The fourth-order valence-electron chi connectivity index (χ4n) is 1.12. The van der Waals surface area contributed by atoms with Crippen LogP contribution in [0.1, 0.15) is 18.5 Å². The lowest BCUT2D eigenvalue weighted by Gasteiger charge is -1.99. The zero-order valence-electron chi connectivity index (χ0n) is 8.01. The van der Waals surface area contributed by atoms with E-state index in [0.717, 1.165) is 9.88 Å². The van der Waals surface area contributed by atoms with Gasteiger partial charge in [0.2, 0.25) is 0 Å². The van der Waals surface area contributed by atoms with Crippen molar-refractivity contribution in [2.24, 2.45) is 0 Å². The average molecular weight is 239 g/mol. The summed E-state index contributed by atoms with van der Waals surface area (Å²) in [6, 6.07) is 3.94. The first kappa shape index (κ1) is 10.3. The summed E-state index contributed by atoms with van der Waals surface area (Å²) in [7, 11) is 0. The van der Waals surface area contributed by atoms with Crippen molar-refractivity contribution in [3.05, 3.63) is 28.6 Å². The Hall–Kier alpha value is -1.20. The molecule has 15 heavy (non-hydrogen) atoms. The van der Waals surface area contributed by atoms with E-state index in [2.05, 4.69) is 4.98 Å². The molecule has 0 saturated carbocycles. The Labute approximate surface area is 95.0 Å². The minimum atomic E-state index is -0.835. The van der Waals surface area contributed by atoms with Crippen LogP contribution >= 0.6 is 22.7 Å². The van der Waals surface area contributed by atoms with Gasteiger partial charge in [-0.05, 0) is 18.4 Å². The van der Waals surface area contributed by atoms with Gasteiger partial charge in [-0.3, -0.25) is 4.79 Å². The Kier molecular flexibility index (Phi) is 2.83. The molecule has 0 bridgehead atoms. The number of carbonyl (C=O) groups is 1. The number of rotatable bonds is 3. The zero-order valence-corrected chi connectivity index (χ0v) is 9.64. The van der Waals surface area contributed by atoms with Crippen molar-refractivity contribution >= 4 is 28.6 Å². The number of hydrogen-bond donors (Lipinski definition) is 1. The molecule has 0 aliphatic carbocycles. The van der Waals surface area contributed by atoms with E-state index in [4.69, 9.17) is 5.11 Å². The minimum absolute atomic E-state index is 0.532. The van der Waals surface area contributed by atoms with Gasteiger partial charge in [0.15, 0.2) is 0 Å². The van der Waals surface area contributed by atoms with Crippen molar-refractivity contribution in [3.63, 3.8) is 0 Å². The molecule has 2 aromatic rings. The second-order valence-electron chi connectivity index (χ2n) is 3.11. The number of aliphatic carboxylic acids is 1. The molecule has 0 amide bonds. The summed E-state index contributed by atoms with van der Waals surface area (Å²) in [6.07, 6.45) is 0. The van der Waals surface area contributed by atoms with Gasteiger partial charge in [-0.15, -0.1) is 22.7 Å². The molecule has 2 rings (SSSR count). The van der Waals surface area contributed by atoms with Crippen LogP contribution in [0, 0.1) is 0 Å². The lowest BCUT2D eigenvalue weighted by Crippen LogP contribution is -2.07. The van der Waals surface area contributed by atoms with Gasteiger partial charge in [-0.1, -0.05) is 6.07 Å². The highest BCUT2D eigenvalue weighted by atomic mass is 32.1. The molecule has 78 valence electrons. The predicted octanol–water partition coefficient (Wildman–Crippen LogP) is 3.06. The largest absolute Gasteiger partial charge is 0.481 e. The number of thiazole rings is 1. The first-order chi connectivity index (χ1) is 7.18. The van der Waals surface area contributed by atoms with Gasteiger partial charge < -0.3 is 5.11 Å². The van der Waals surface area contributed by atoms with Crippen LogP contribution < -0.4 is 0 Å². The standard InChI is InChI=1S/C10H9NO2S2/c1-6(10(12)13)7-5-15-9(11-7)8-3-2-4-14-8/h2-6H,1H3,(H,12,13). The van der Waals surface area contributed by atoms with Crippen molar-refractivity contribution in [2.75, 3.05) is 0 Å². The highest BCUT2D eigenvalue weighted by Crippen LogP contribution is 2.29. The van der Waals surface area contributed by atoms with E-state index in [0.29, 0.717) is 5.69 Å². The van der Waals surface area contributed by atoms with Crippen molar-refractivity contribution in [1.82, 2.24) is 4.98 Å². The fraction of sp³-hybridized carbons (Fsp3) is 0.200. The number of nitrogens with zero attached hydrogens (tertiary/aromatic N) is 1. The summed E-state index contributed by atoms with van der Waals surface area (Å²) >= 11 is 3.10. The van der Waals surface area contributed by atoms with Crippen LogP contribution in [0.15, 0.2) is 22.9 Å². The van der Waals surface area contributed by atoms with Gasteiger partial charge in [0, 0.05) is 5.38 Å². The lowest BCUT2D eigenvalue weighted by atomic mass is 10.1. The Morgan fingerprint density at radius 2 is 2.33 bits per heavy atom. The van der Waals surface area contributed by atoms with Crippen LogP contribution in [0.3, 0.4) is 0 Å². The fourth-order valence-corrected chi connectivity index (χ4v) is 2.85. The summed E-state index contributed by atoms with van der Waals surface area (Å²) in [5, 5.41) is 13.5. The molecule has 2 heterocycles. The first-order valence-corrected chi connectivity index (χ1v) is 6.16. The van der Waals surface area contributed by atoms with Crippen LogP contribution in [0.2, 0.25) is 0 Å². The molecule has 3 nitrogen and oxygen atoms in total. The molecule has 0 aromatic carbocycles. The molecule has 0 aliphatic heterocycles. The van der Waals surface area contributed by atoms with Crippen LogP contribution in [0.4, 0.5) is 0 Å². The maximum Gasteiger partial charge on any atom is 0.312 e. The third-order valence-electron chi connectivity index (χ3n) is 2.07. The van der Waals surface area contributed by atoms with Crippen LogP contribution in [-0.2, 0) is 4.79 Å². The molecule has 0 spiro atoms. The Morgan fingerprint density at radius 3 is 2.93 bits per heavy atom.